The van der Waals surface area contributed by atoms with Gasteiger partial charge in [-0.05, 0) is 38.3 Å². The number of carbonyl (C=O) groups excluding carboxylic acids is 2. The first-order chi connectivity index (χ1) is 14.2. The number of aromatic nitrogens is 1. The fourth-order valence-corrected chi connectivity index (χ4v) is 4.39. The van der Waals surface area contributed by atoms with E-state index in [1.807, 2.05) is 31.2 Å². The van der Waals surface area contributed by atoms with Gasteiger partial charge in [0.15, 0.2) is 5.78 Å². The summed E-state index contributed by atoms with van der Waals surface area (Å²) in [5.74, 6) is -2.93. The van der Waals surface area contributed by atoms with Gasteiger partial charge in [-0.3, -0.25) is 14.7 Å². The average Bonchev–Trinajstić information content (AvgIpc) is 2.95. The molecular weight excluding hydrogens is 390 g/mol. The molecular formula is C23H24F2N2O3. The number of carbonyl (C=O) groups is 2. The van der Waals surface area contributed by atoms with E-state index < -0.39 is 23.7 Å². The van der Waals surface area contributed by atoms with Crippen LogP contribution in [0.4, 0.5) is 13.6 Å². The van der Waals surface area contributed by atoms with Gasteiger partial charge in [-0.15, -0.1) is 0 Å². The molecule has 1 saturated carbocycles. The second kappa shape index (κ2) is 7.45. The Balaban J connectivity index is 1.46. The van der Waals surface area contributed by atoms with E-state index in [0.717, 1.165) is 16.8 Å². The molecule has 1 aliphatic carbocycles. The minimum absolute atomic E-state index is 0.108. The van der Waals surface area contributed by atoms with Crippen LogP contribution >= 0.6 is 0 Å². The molecule has 1 aromatic heterocycles. The Labute approximate surface area is 174 Å². The standard InChI is InChI=1S/C23H24F2N2O3/c1-15-19(4-3-13-26-15)17-5-7-18(8-6-17)20(28)14-27-16(2)22(30-21(27)29)9-11-23(24,25)12-10-22/h3-8,13,16H,9-12,14H2,1-2H3. The first kappa shape index (κ1) is 20.4. The fraction of sp³-hybridized carbons (Fsp3) is 0.435. The quantitative estimate of drug-likeness (QED) is 0.659. The van der Waals surface area contributed by atoms with Crippen LogP contribution in [-0.4, -0.2) is 45.9 Å². The molecule has 1 unspecified atom stereocenters. The lowest BCUT2D eigenvalue weighted by Gasteiger charge is -2.38. The smallest absolute Gasteiger partial charge is 0.411 e. The maximum absolute atomic E-state index is 13.6. The van der Waals surface area contributed by atoms with Crippen molar-refractivity contribution in [3.63, 3.8) is 0 Å². The third-order valence-corrected chi connectivity index (χ3v) is 6.42. The molecule has 2 fully saturated rings. The van der Waals surface area contributed by atoms with Gasteiger partial charge in [0.1, 0.15) is 5.60 Å². The molecule has 2 heterocycles. The van der Waals surface area contributed by atoms with Crippen molar-refractivity contribution >= 4 is 11.9 Å². The Morgan fingerprint density at radius 2 is 1.83 bits per heavy atom. The number of alkyl halides is 2. The summed E-state index contributed by atoms with van der Waals surface area (Å²) in [6, 6.07) is 10.6. The van der Waals surface area contributed by atoms with E-state index in [0.29, 0.717) is 5.56 Å². The maximum atomic E-state index is 13.6. The van der Waals surface area contributed by atoms with E-state index in [2.05, 4.69) is 4.98 Å². The van der Waals surface area contributed by atoms with Crippen LogP contribution in [0.3, 0.4) is 0 Å². The van der Waals surface area contributed by atoms with E-state index in [-0.39, 0.29) is 38.0 Å². The van der Waals surface area contributed by atoms with Crippen LogP contribution in [0.2, 0.25) is 0 Å². The largest absolute Gasteiger partial charge is 0.441 e. The van der Waals surface area contributed by atoms with Gasteiger partial charge in [0, 0.05) is 35.9 Å². The van der Waals surface area contributed by atoms with Crippen LogP contribution in [0.5, 0.6) is 0 Å². The summed E-state index contributed by atoms with van der Waals surface area (Å²) in [4.78, 5) is 30.9. The Morgan fingerprint density at radius 3 is 2.47 bits per heavy atom. The zero-order chi connectivity index (χ0) is 21.5. The molecule has 0 N–H and O–H groups in total. The molecule has 1 spiro atoms. The summed E-state index contributed by atoms with van der Waals surface area (Å²) in [6.07, 6.45) is 0.730. The van der Waals surface area contributed by atoms with Gasteiger partial charge in [0.2, 0.25) is 5.92 Å². The molecule has 1 aromatic carbocycles. The van der Waals surface area contributed by atoms with Crippen molar-refractivity contribution in [3.05, 3.63) is 53.9 Å². The topological polar surface area (TPSA) is 59.5 Å². The predicted molar refractivity (Wildman–Crippen MR) is 108 cm³/mol. The number of benzene rings is 1. The Kier molecular flexibility index (Phi) is 5.08. The van der Waals surface area contributed by atoms with Crippen molar-refractivity contribution in [2.75, 3.05) is 6.54 Å². The van der Waals surface area contributed by atoms with Crippen molar-refractivity contribution in [1.29, 1.82) is 0 Å². The van der Waals surface area contributed by atoms with Crippen molar-refractivity contribution in [2.24, 2.45) is 0 Å². The predicted octanol–water partition coefficient (Wildman–Crippen LogP) is 5.03. The molecule has 1 amide bonds. The van der Waals surface area contributed by atoms with Crippen LogP contribution in [0.25, 0.3) is 11.1 Å². The number of ether oxygens (including phenoxy) is 1. The molecule has 1 saturated heterocycles. The second-order valence-corrected chi connectivity index (χ2v) is 8.23. The fourth-order valence-electron chi connectivity index (χ4n) is 4.39. The Morgan fingerprint density at radius 1 is 1.17 bits per heavy atom. The number of hydrogen-bond donors (Lipinski definition) is 0. The summed E-state index contributed by atoms with van der Waals surface area (Å²) in [7, 11) is 0. The van der Waals surface area contributed by atoms with Gasteiger partial charge < -0.3 is 4.74 Å². The lowest BCUT2D eigenvalue weighted by atomic mass is 9.78. The highest BCUT2D eigenvalue weighted by Crippen LogP contribution is 2.46. The Hall–Kier alpha value is -2.83. The summed E-state index contributed by atoms with van der Waals surface area (Å²) in [6.45, 7) is 3.56. The van der Waals surface area contributed by atoms with Gasteiger partial charge in [-0.2, -0.15) is 0 Å². The number of ketones is 1. The minimum Gasteiger partial charge on any atom is -0.441 e. The zero-order valence-electron chi connectivity index (χ0n) is 17.0. The van der Waals surface area contributed by atoms with Crippen molar-refractivity contribution in [3.8, 4) is 11.1 Å². The highest BCUT2D eigenvalue weighted by molar-refractivity contribution is 5.99. The number of halogens is 2. The van der Waals surface area contributed by atoms with Gasteiger partial charge in [-0.25, -0.2) is 13.6 Å². The summed E-state index contributed by atoms with van der Waals surface area (Å²) >= 11 is 0. The van der Waals surface area contributed by atoms with E-state index in [1.54, 1.807) is 25.3 Å². The highest BCUT2D eigenvalue weighted by Gasteiger charge is 2.56. The normalized spacial score (nSPS) is 22.2. The SMILES string of the molecule is Cc1ncccc1-c1ccc(C(=O)CN2C(=O)OC3(CCC(F)(F)CC3)C2C)cc1. The molecule has 0 radical (unpaired) electrons. The first-order valence-corrected chi connectivity index (χ1v) is 10.1. The number of pyridine rings is 1. The molecule has 2 aromatic rings. The number of aryl methyl sites for hydroxylation is 1. The molecule has 4 rings (SSSR count). The molecule has 0 bridgehead atoms. The van der Waals surface area contributed by atoms with Crippen molar-refractivity contribution in [2.45, 2.75) is 57.1 Å². The number of Topliss-reactive ketones (excluding diaryl/α,β-unsaturated/α-hetero) is 1. The summed E-state index contributed by atoms with van der Waals surface area (Å²) in [5.41, 5.74) is 2.39. The van der Waals surface area contributed by atoms with Crippen LogP contribution in [0, 0.1) is 6.92 Å². The van der Waals surface area contributed by atoms with Crippen LogP contribution in [0.1, 0.15) is 48.7 Å². The van der Waals surface area contributed by atoms with Crippen LogP contribution < -0.4 is 0 Å². The van der Waals surface area contributed by atoms with E-state index in [1.165, 1.54) is 4.90 Å². The average molecular weight is 414 g/mol. The first-order valence-electron chi connectivity index (χ1n) is 10.1. The molecule has 2 aliphatic rings. The summed E-state index contributed by atoms with van der Waals surface area (Å²) in [5, 5.41) is 0. The number of amides is 1. The molecule has 1 aliphatic heterocycles. The monoisotopic (exact) mass is 414 g/mol. The zero-order valence-corrected chi connectivity index (χ0v) is 17.0. The third-order valence-electron chi connectivity index (χ3n) is 6.42. The van der Waals surface area contributed by atoms with Gasteiger partial charge >= 0.3 is 6.09 Å². The van der Waals surface area contributed by atoms with E-state index in [9.17, 15) is 18.4 Å². The molecule has 7 heteroatoms. The lowest BCUT2D eigenvalue weighted by Crippen LogP contribution is -2.48. The van der Waals surface area contributed by atoms with Crippen molar-refractivity contribution < 1.29 is 23.1 Å². The lowest BCUT2D eigenvalue weighted by molar-refractivity contribution is -0.0997. The van der Waals surface area contributed by atoms with Gasteiger partial charge in [-0.1, -0.05) is 30.3 Å². The molecule has 30 heavy (non-hydrogen) atoms. The number of nitrogens with zero attached hydrogens (tertiary/aromatic N) is 2. The van der Waals surface area contributed by atoms with Crippen LogP contribution in [-0.2, 0) is 4.74 Å². The second-order valence-electron chi connectivity index (χ2n) is 8.23. The number of rotatable bonds is 4. The van der Waals surface area contributed by atoms with E-state index >= 15 is 0 Å². The third kappa shape index (κ3) is 3.68. The molecule has 158 valence electrons. The molecule has 1 atom stereocenters. The summed E-state index contributed by atoms with van der Waals surface area (Å²) < 4.78 is 32.7. The van der Waals surface area contributed by atoms with Gasteiger partial charge in [0.05, 0.1) is 12.6 Å². The maximum Gasteiger partial charge on any atom is 0.411 e. The van der Waals surface area contributed by atoms with Gasteiger partial charge in [0.25, 0.3) is 0 Å². The molecule has 5 nitrogen and oxygen atoms in total. The number of hydrogen-bond acceptors (Lipinski definition) is 4. The van der Waals surface area contributed by atoms with E-state index in [4.69, 9.17) is 4.74 Å². The van der Waals surface area contributed by atoms with Crippen molar-refractivity contribution in [1.82, 2.24) is 9.88 Å². The highest BCUT2D eigenvalue weighted by atomic mass is 19.3. The van der Waals surface area contributed by atoms with Crippen LogP contribution in [0.15, 0.2) is 42.6 Å². The Bertz CT molecular complexity index is 965. The minimum atomic E-state index is -2.71.